The number of carbonyl (C=O) groups is 3. The van der Waals surface area contributed by atoms with Crippen LogP contribution in [-0.2, 0) is 28.6 Å². The van der Waals surface area contributed by atoms with Crippen molar-refractivity contribution in [2.24, 2.45) is 0 Å². The zero-order chi connectivity index (χ0) is 50.0. The van der Waals surface area contributed by atoms with E-state index in [9.17, 15) is 14.4 Å². The molecule has 0 aliphatic rings. The van der Waals surface area contributed by atoms with Crippen LogP contribution >= 0.6 is 0 Å². The van der Waals surface area contributed by atoms with Crippen molar-refractivity contribution in [2.45, 2.75) is 361 Å². The quantitative estimate of drug-likeness (QED) is 0.0261. The van der Waals surface area contributed by atoms with Gasteiger partial charge in [0, 0.05) is 19.3 Å². The molecule has 1 atom stereocenters. The van der Waals surface area contributed by atoms with Gasteiger partial charge in [-0.15, -0.1) is 0 Å². The van der Waals surface area contributed by atoms with E-state index in [0.717, 1.165) is 57.8 Å². The molecule has 0 fully saturated rings. The van der Waals surface area contributed by atoms with Crippen LogP contribution in [0.5, 0.6) is 0 Å². The first kappa shape index (κ1) is 67.1. The maximum Gasteiger partial charge on any atom is 0.306 e. The molecule has 6 heteroatoms. The standard InChI is InChI=1S/C63H120O6/c1-4-7-10-13-16-19-22-25-28-30-31-33-35-38-41-44-47-50-53-56-62(65)68-59-60(58-67-61(64)55-52-49-46-43-40-37-34-27-24-21-18-15-12-9-6-3)69-63(66)57-54-51-48-45-42-39-36-32-29-26-23-20-17-14-11-8-5-2/h21,24,60H,4-20,22-23,25-59H2,1-3H3/b24-21-. The molecular formula is C63H120O6. The number of ether oxygens (including phenoxy) is 3. The summed E-state index contributed by atoms with van der Waals surface area (Å²) in [5, 5.41) is 0. The summed E-state index contributed by atoms with van der Waals surface area (Å²) in [6, 6.07) is 0. The van der Waals surface area contributed by atoms with Crippen LogP contribution in [0, 0.1) is 0 Å². The lowest BCUT2D eigenvalue weighted by Crippen LogP contribution is -2.30. The highest BCUT2D eigenvalue weighted by atomic mass is 16.6. The van der Waals surface area contributed by atoms with Crippen LogP contribution in [0.2, 0.25) is 0 Å². The Morgan fingerprint density at radius 3 is 0.739 bits per heavy atom. The van der Waals surface area contributed by atoms with Crippen LogP contribution in [0.1, 0.15) is 355 Å². The highest BCUT2D eigenvalue weighted by molar-refractivity contribution is 5.71. The van der Waals surface area contributed by atoms with Gasteiger partial charge in [0.1, 0.15) is 13.2 Å². The predicted octanol–water partition coefficient (Wildman–Crippen LogP) is 20.9. The zero-order valence-electron chi connectivity index (χ0n) is 46.9. The molecule has 0 spiro atoms. The van der Waals surface area contributed by atoms with Gasteiger partial charge in [-0.2, -0.15) is 0 Å². The summed E-state index contributed by atoms with van der Waals surface area (Å²) < 4.78 is 16.9. The molecule has 0 aliphatic heterocycles. The molecule has 0 amide bonds. The second-order valence-electron chi connectivity index (χ2n) is 21.3. The topological polar surface area (TPSA) is 78.9 Å². The SMILES string of the molecule is CCCCCC/C=C\CCCCCCCCCC(=O)OCC(COC(=O)CCCCCCCCCCCCCCCCCCCCC)OC(=O)CCCCCCCCCCCCCCCCCCC. The minimum Gasteiger partial charge on any atom is -0.462 e. The molecule has 0 aromatic heterocycles. The van der Waals surface area contributed by atoms with Crippen molar-refractivity contribution in [3.8, 4) is 0 Å². The highest BCUT2D eigenvalue weighted by Gasteiger charge is 2.19. The molecule has 0 bridgehead atoms. The van der Waals surface area contributed by atoms with Crippen LogP contribution in [-0.4, -0.2) is 37.2 Å². The average Bonchev–Trinajstić information content (AvgIpc) is 3.35. The Morgan fingerprint density at radius 2 is 0.478 bits per heavy atom. The summed E-state index contributed by atoms with van der Waals surface area (Å²) in [4.78, 5) is 38.3. The van der Waals surface area contributed by atoms with Crippen molar-refractivity contribution >= 4 is 17.9 Å². The fourth-order valence-corrected chi connectivity index (χ4v) is 9.56. The summed E-state index contributed by atoms with van der Waals surface area (Å²) in [6.07, 6.45) is 67.8. The molecule has 0 aromatic carbocycles. The Bertz CT molecular complexity index is 1070. The zero-order valence-corrected chi connectivity index (χ0v) is 46.9. The second-order valence-corrected chi connectivity index (χ2v) is 21.3. The van der Waals surface area contributed by atoms with E-state index >= 15 is 0 Å². The third-order valence-corrected chi connectivity index (χ3v) is 14.3. The van der Waals surface area contributed by atoms with Gasteiger partial charge in [-0.3, -0.25) is 14.4 Å². The Balaban J connectivity index is 4.29. The van der Waals surface area contributed by atoms with Gasteiger partial charge in [0.05, 0.1) is 0 Å². The Kier molecular flexibility index (Phi) is 57.1. The lowest BCUT2D eigenvalue weighted by Gasteiger charge is -2.18. The van der Waals surface area contributed by atoms with Crippen LogP contribution in [0.4, 0.5) is 0 Å². The summed E-state index contributed by atoms with van der Waals surface area (Å²) in [5.41, 5.74) is 0. The van der Waals surface area contributed by atoms with Gasteiger partial charge in [0.15, 0.2) is 6.10 Å². The Labute approximate surface area is 431 Å². The molecule has 0 aliphatic carbocycles. The molecule has 0 N–H and O–H groups in total. The van der Waals surface area contributed by atoms with Gasteiger partial charge >= 0.3 is 17.9 Å². The molecular weight excluding hydrogens is 853 g/mol. The first-order valence-electron chi connectivity index (χ1n) is 31.2. The van der Waals surface area contributed by atoms with E-state index in [4.69, 9.17) is 14.2 Å². The van der Waals surface area contributed by atoms with Crippen molar-refractivity contribution in [1.82, 2.24) is 0 Å². The normalized spacial score (nSPS) is 12.0. The number of hydrogen-bond acceptors (Lipinski definition) is 6. The molecule has 0 aromatic rings. The van der Waals surface area contributed by atoms with Crippen molar-refractivity contribution in [1.29, 1.82) is 0 Å². The van der Waals surface area contributed by atoms with Crippen LogP contribution in [0.25, 0.3) is 0 Å². The molecule has 0 saturated carbocycles. The number of hydrogen-bond donors (Lipinski definition) is 0. The van der Waals surface area contributed by atoms with E-state index in [1.54, 1.807) is 0 Å². The second kappa shape index (κ2) is 58.7. The number of allylic oxidation sites excluding steroid dienone is 2. The first-order valence-corrected chi connectivity index (χ1v) is 31.2. The number of rotatable bonds is 58. The van der Waals surface area contributed by atoms with E-state index in [2.05, 4.69) is 32.9 Å². The smallest absolute Gasteiger partial charge is 0.306 e. The highest BCUT2D eigenvalue weighted by Crippen LogP contribution is 2.18. The molecule has 1 unspecified atom stereocenters. The van der Waals surface area contributed by atoms with Crippen LogP contribution in [0.15, 0.2) is 12.2 Å². The summed E-state index contributed by atoms with van der Waals surface area (Å²) in [6.45, 7) is 6.70. The lowest BCUT2D eigenvalue weighted by molar-refractivity contribution is -0.167. The third-order valence-electron chi connectivity index (χ3n) is 14.3. The molecule has 69 heavy (non-hydrogen) atoms. The van der Waals surface area contributed by atoms with Gasteiger partial charge in [0.2, 0.25) is 0 Å². The van der Waals surface area contributed by atoms with Crippen LogP contribution in [0.3, 0.4) is 0 Å². The number of unbranched alkanes of at least 4 members (excludes halogenated alkanes) is 45. The first-order chi connectivity index (χ1) is 34.0. The fraction of sp³-hybridized carbons (Fsp3) is 0.921. The van der Waals surface area contributed by atoms with E-state index in [0.29, 0.717) is 19.3 Å². The monoisotopic (exact) mass is 973 g/mol. The van der Waals surface area contributed by atoms with Gasteiger partial charge in [-0.1, -0.05) is 303 Å². The van der Waals surface area contributed by atoms with E-state index in [-0.39, 0.29) is 31.1 Å². The molecule has 0 saturated heterocycles. The summed E-state index contributed by atoms with van der Waals surface area (Å²) >= 11 is 0. The minimum atomic E-state index is -0.766. The predicted molar refractivity (Wildman–Crippen MR) is 298 cm³/mol. The molecule has 408 valence electrons. The minimum absolute atomic E-state index is 0.0647. The van der Waals surface area contributed by atoms with Crippen molar-refractivity contribution in [3.05, 3.63) is 12.2 Å². The molecule has 6 nitrogen and oxygen atoms in total. The van der Waals surface area contributed by atoms with Crippen LogP contribution < -0.4 is 0 Å². The largest absolute Gasteiger partial charge is 0.462 e. The van der Waals surface area contributed by atoms with E-state index < -0.39 is 6.10 Å². The van der Waals surface area contributed by atoms with Gasteiger partial charge < -0.3 is 14.2 Å². The third kappa shape index (κ3) is 56.9. The number of carbonyl (C=O) groups excluding carboxylic acids is 3. The van der Waals surface area contributed by atoms with Crippen molar-refractivity contribution in [2.75, 3.05) is 13.2 Å². The van der Waals surface area contributed by atoms with E-state index in [1.807, 2.05) is 0 Å². The van der Waals surface area contributed by atoms with E-state index in [1.165, 1.54) is 257 Å². The van der Waals surface area contributed by atoms with Gasteiger partial charge in [0.25, 0.3) is 0 Å². The fourth-order valence-electron chi connectivity index (χ4n) is 9.56. The van der Waals surface area contributed by atoms with Crippen molar-refractivity contribution < 1.29 is 28.6 Å². The summed E-state index contributed by atoms with van der Waals surface area (Å²) in [5.74, 6) is -0.840. The number of esters is 3. The maximum atomic E-state index is 12.9. The molecule has 0 rings (SSSR count). The summed E-state index contributed by atoms with van der Waals surface area (Å²) in [7, 11) is 0. The Morgan fingerprint density at radius 1 is 0.275 bits per heavy atom. The van der Waals surface area contributed by atoms with Gasteiger partial charge in [-0.05, 0) is 44.9 Å². The molecule has 0 heterocycles. The average molecular weight is 974 g/mol. The molecule has 0 radical (unpaired) electrons. The Hall–Kier alpha value is -1.85. The lowest BCUT2D eigenvalue weighted by atomic mass is 10.0. The van der Waals surface area contributed by atoms with Gasteiger partial charge in [-0.25, -0.2) is 0 Å². The van der Waals surface area contributed by atoms with Crippen molar-refractivity contribution in [3.63, 3.8) is 0 Å². The maximum absolute atomic E-state index is 12.9.